The molecule has 4 heteroatoms. The summed E-state index contributed by atoms with van der Waals surface area (Å²) in [6.07, 6.45) is 0. The van der Waals surface area contributed by atoms with Crippen molar-refractivity contribution in [2.45, 2.75) is 26.4 Å². The van der Waals surface area contributed by atoms with E-state index in [9.17, 15) is 0 Å². The zero-order valence-electron chi connectivity index (χ0n) is 12.2. The number of halogens is 1. The molecule has 1 aromatic carbocycles. The molecule has 0 aliphatic rings. The van der Waals surface area contributed by atoms with Gasteiger partial charge in [-0.1, -0.05) is 23.7 Å². The summed E-state index contributed by atoms with van der Waals surface area (Å²) in [6.45, 7) is 5.78. The van der Waals surface area contributed by atoms with Crippen molar-refractivity contribution in [3.63, 3.8) is 0 Å². The van der Waals surface area contributed by atoms with Gasteiger partial charge >= 0.3 is 0 Å². The molecule has 0 aliphatic carbocycles. The topological polar surface area (TPSA) is 29.3 Å². The standard InChI is InChI=1S/C16H21ClN2S/c1-11-7-15(12(2)20-11)16(9-18)19(3)10-13-5-4-6-14(17)8-13/h4-8,16H,9-10,18H2,1-3H3. The maximum atomic E-state index is 6.05. The summed E-state index contributed by atoms with van der Waals surface area (Å²) < 4.78 is 0. The highest BCUT2D eigenvalue weighted by Crippen LogP contribution is 2.29. The Morgan fingerprint density at radius 1 is 1.30 bits per heavy atom. The molecule has 0 saturated carbocycles. The van der Waals surface area contributed by atoms with Crippen molar-refractivity contribution >= 4 is 22.9 Å². The maximum Gasteiger partial charge on any atom is 0.0481 e. The van der Waals surface area contributed by atoms with Crippen molar-refractivity contribution < 1.29 is 0 Å². The van der Waals surface area contributed by atoms with Gasteiger partial charge in [0.2, 0.25) is 0 Å². The number of rotatable bonds is 5. The number of benzene rings is 1. The number of likely N-dealkylation sites (N-methyl/N-ethyl adjacent to an activating group) is 1. The number of thiophene rings is 1. The van der Waals surface area contributed by atoms with Crippen LogP contribution in [0, 0.1) is 13.8 Å². The number of nitrogens with zero attached hydrogens (tertiary/aromatic N) is 1. The third-order valence-corrected chi connectivity index (χ3v) is 4.73. The Labute approximate surface area is 130 Å². The lowest BCUT2D eigenvalue weighted by Gasteiger charge is -2.27. The molecule has 2 aromatic rings. The molecule has 0 fully saturated rings. The fraction of sp³-hybridized carbons (Fsp3) is 0.375. The highest BCUT2D eigenvalue weighted by Gasteiger charge is 2.19. The van der Waals surface area contributed by atoms with E-state index in [0.717, 1.165) is 11.6 Å². The normalized spacial score (nSPS) is 12.9. The van der Waals surface area contributed by atoms with Crippen LogP contribution in [0.4, 0.5) is 0 Å². The number of hydrogen-bond acceptors (Lipinski definition) is 3. The Kier molecular flexibility index (Phi) is 5.22. The molecule has 2 rings (SSSR count). The summed E-state index contributed by atoms with van der Waals surface area (Å²) in [5.74, 6) is 0. The lowest BCUT2D eigenvalue weighted by molar-refractivity contribution is 0.241. The molecule has 0 saturated heterocycles. The largest absolute Gasteiger partial charge is 0.329 e. The summed E-state index contributed by atoms with van der Waals surface area (Å²) >= 11 is 7.88. The van der Waals surface area contributed by atoms with Gasteiger partial charge in [0.05, 0.1) is 0 Å². The SMILES string of the molecule is Cc1cc(C(CN)N(C)Cc2cccc(Cl)c2)c(C)s1. The molecule has 0 radical (unpaired) electrons. The Balaban J connectivity index is 2.17. The predicted octanol–water partition coefficient (Wildman–Crippen LogP) is 4.15. The first-order chi connectivity index (χ1) is 9.51. The van der Waals surface area contributed by atoms with Gasteiger partial charge in [-0.15, -0.1) is 11.3 Å². The monoisotopic (exact) mass is 308 g/mol. The van der Waals surface area contributed by atoms with E-state index in [2.05, 4.69) is 37.9 Å². The van der Waals surface area contributed by atoms with Gasteiger partial charge in [-0.05, 0) is 50.2 Å². The van der Waals surface area contributed by atoms with Crippen LogP contribution in [0.2, 0.25) is 5.02 Å². The minimum atomic E-state index is 0.249. The summed E-state index contributed by atoms with van der Waals surface area (Å²) in [7, 11) is 2.12. The van der Waals surface area contributed by atoms with Crippen molar-refractivity contribution in [2.24, 2.45) is 5.73 Å². The first kappa shape index (κ1) is 15.5. The molecule has 108 valence electrons. The molecular formula is C16H21ClN2S. The quantitative estimate of drug-likeness (QED) is 0.899. The number of hydrogen-bond donors (Lipinski definition) is 1. The van der Waals surface area contributed by atoms with Gasteiger partial charge in [0.1, 0.15) is 0 Å². The third kappa shape index (κ3) is 3.61. The molecule has 20 heavy (non-hydrogen) atoms. The molecular weight excluding hydrogens is 288 g/mol. The van der Waals surface area contributed by atoms with Crippen LogP contribution in [-0.2, 0) is 6.54 Å². The second-order valence-electron chi connectivity index (χ2n) is 5.17. The Morgan fingerprint density at radius 2 is 2.05 bits per heavy atom. The average molecular weight is 309 g/mol. The highest BCUT2D eigenvalue weighted by atomic mass is 35.5. The number of aryl methyl sites for hydroxylation is 2. The zero-order valence-corrected chi connectivity index (χ0v) is 13.8. The third-order valence-electron chi connectivity index (χ3n) is 3.51. The Bertz CT molecular complexity index is 580. The van der Waals surface area contributed by atoms with Crippen molar-refractivity contribution in [3.8, 4) is 0 Å². The van der Waals surface area contributed by atoms with Crippen molar-refractivity contribution in [1.82, 2.24) is 4.90 Å². The first-order valence-electron chi connectivity index (χ1n) is 6.73. The molecule has 0 amide bonds. The number of nitrogens with two attached hydrogens (primary N) is 1. The van der Waals surface area contributed by atoms with Crippen LogP contribution in [0.15, 0.2) is 30.3 Å². The zero-order chi connectivity index (χ0) is 14.7. The molecule has 1 atom stereocenters. The summed E-state index contributed by atoms with van der Waals surface area (Å²) in [6, 6.07) is 10.5. The second-order valence-corrected chi connectivity index (χ2v) is 7.06. The van der Waals surface area contributed by atoms with Crippen molar-refractivity contribution in [1.29, 1.82) is 0 Å². The second kappa shape index (κ2) is 6.72. The average Bonchev–Trinajstić information content (AvgIpc) is 2.69. The lowest BCUT2D eigenvalue weighted by Crippen LogP contribution is -2.30. The van der Waals surface area contributed by atoms with Crippen LogP contribution in [0.25, 0.3) is 0 Å². The van der Waals surface area contributed by atoms with Gasteiger partial charge < -0.3 is 5.73 Å². The van der Waals surface area contributed by atoms with E-state index in [4.69, 9.17) is 17.3 Å². The van der Waals surface area contributed by atoms with Crippen LogP contribution in [-0.4, -0.2) is 18.5 Å². The van der Waals surface area contributed by atoms with E-state index in [0.29, 0.717) is 6.54 Å². The van der Waals surface area contributed by atoms with E-state index in [-0.39, 0.29) is 6.04 Å². The lowest BCUT2D eigenvalue weighted by atomic mass is 10.1. The first-order valence-corrected chi connectivity index (χ1v) is 7.92. The van der Waals surface area contributed by atoms with Gasteiger partial charge in [0, 0.05) is 33.9 Å². The van der Waals surface area contributed by atoms with E-state index in [1.807, 2.05) is 29.5 Å². The van der Waals surface area contributed by atoms with Gasteiger partial charge in [-0.25, -0.2) is 0 Å². The van der Waals surface area contributed by atoms with Gasteiger partial charge in [0.25, 0.3) is 0 Å². The van der Waals surface area contributed by atoms with Crippen molar-refractivity contribution in [2.75, 3.05) is 13.6 Å². The van der Waals surface area contributed by atoms with Crippen LogP contribution < -0.4 is 5.73 Å². The van der Waals surface area contributed by atoms with E-state index >= 15 is 0 Å². The molecule has 0 spiro atoms. The summed E-state index contributed by atoms with van der Waals surface area (Å²) in [5.41, 5.74) is 8.56. The molecule has 1 aromatic heterocycles. The predicted molar refractivity (Wildman–Crippen MR) is 88.5 cm³/mol. The van der Waals surface area contributed by atoms with Gasteiger partial charge in [0.15, 0.2) is 0 Å². The van der Waals surface area contributed by atoms with Crippen molar-refractivity contribution in [3.05, 3.63) is 56.2 Å². The fourth-order valence-electron chi connectivity index (χ4n) is 2.56. The van der Waals surface area contributed by atoms with Crippen LogP contribution in [0.1, 0.15) is 26.9 Å². The van der Waals surface area contributed by atoms with Crippen LogP contribution in [0.3, 0.4) is 0 Å². The Morgan fingerprint density at radius 3 is 2.60 bits per heavy atom. The molecule has 0 aliphatic heterocycles. The summed E-state index contributed by atoms with van der Waals surface area (Å²) in [4.78, 5) is 4.99. The molecule has 2 N–H and O–H groups in total. The highest BCUT2D eigenvalue weighted by molar-refractivity contribution is 7.12. The van der Waals surface area contributed by atoms with Gasteiger partial charge in [-0.2, -0.15) is 0 Å². The molecule has 1 unspecified atom stereocenters. The van der Waals surface area contributed by atoms with E-state index < -0.39 is 0 Å². The molecule has 1 heterocycles. The smallest absolute Gasteiger partial charge is 0.0481 e. The molecule has 2 nitrogen and oxygen atoms in total. The minimum absolute atomic E-state index is 0.249. The van der Waals surface area contributed by atoms with Crippen LogP contribution in [0.5, 0.6) is 0 Å². The van der Waals surface area contributed by atoms with Gasteiger partial charge in [-0.3, -0.25) is 4.90 Å². The van der Waals surface area contributed by atoms with E-state index in [1.54, 1.807) is 0 Å². The van der Waals surface area contributed by atoms with Crippen LogP contribution >= 0.6 is 22.9 Å². The summed E-state index contributed by atoms with van der Waals surface area (Å²) in [5, 5.41) is 0.780. The molecule has 0 bridgehead atoms. The minimum Gasteiger partial charge on any atom is -0.329 e. The van der Waals surface area contributed by atoms with E-state index in [1.165, 1.54) is 20.9 Å². The Hall–Kier alpha value is -0.870. The maximum absolute atomic E-state index is 6.05. The fourth-order valence-corrected chi connectivity index (χ4v) is 3.75.